The van der Waals surface area contributed by atoms with Crippen LogP contribution in [0.1, 0.15) is 23.2 Å². The van der Waals surface area contributed by atoms with Crippen LogP contribution in [0.2, 0.25) is 5.02 Å². The summed E-state index contributed by atoms with van der Waals surface area (Å²) in [5, 5.41) is 9.37. The maximum atomic E-state index is 5.98. The molecule has 1 aromatic carbocycles. The first-order valence-electron chi connectivity index (χ1n) is 6.86. The maximum Gasteiger partial charge on any atom is 0.182 e. The van der Waals surface area contributed by atoms with E-state index in [1.807, 2.05) is 24.3 Å². The minimum absolute atomic E-state index is 0.752. The van der Waals surface area contributed by atoms with Gasteiger partial charge in [0.05, 0.1) is 5.69 Å². The second-order valence-corrected chi connectivity index (χ2v) is 5.76. The van der Waals surface area contributed by atoms with E-state index in [4.69, 9.17) is 16.6 Å². The van der Waals surface area contributed by atoms with Crippen LogP contribution in [-0.2, 0) is 12.8 Å². The number of fused-ring (bicyclic) bond motifs is 3. The first kappa shape index (κ1) is 11.9. The van der Waals surface area contributed by atoms with Crippen LogP contribution in [-0.4, -0.2) is 15.2 Å². The highest BCUT2D eigenvalue weighted by Gasteiger charge is 2.22. The number of pyridine rings is 1. The molecule has 0 fully saturated rings. The third kappa shape index (κ3) is 1.66. The summed E-state index contributed by atoms with van der Waals surface area (Å²) in [6.07, 6.45) is 3.41. The van der Waals surface area contributed by atoms with E-state index in [1.165, 1.54) is 22.9 Å². The van der Waals surface area contributed by atoms with E-state index >= 15 is 0 Å². The van der Waals surface area contributed by atoms with Crippen molar-refractivity contribution in [1.29, 1.82) is 0 Å². The van der Waals surface area contributed by atoms with Crippen LogP contribution >= 0.6 is 11.6 Å². The lowest BCUT2D eigenvalue weighted by Gasteiger charge is -2.09. The number of halogens is 1. The summed E-state index contributed by atoms with van der Waals surface area (Å²) < 4.78 is 0. The van der Waals surface area contributed by atoms with Gasteiger partial charge in [-0.1, -0.05) is 23.7 Å². The molecular formula is C16H14ClN3. The quantitative estimate of drug-likeness (QED) is 0.731. The van der Waals surface area contributed by atoms with Gasteiger partial charge in [-0.15, -0.1) is 0 Å². The van der Waals surface area contributed by atoms with Gasteiger partial charge in [0, 0.05) is 21.7 Å². The first-order valence-corrected chi connectivity index (χ1v) is 7.24. The monoisotopic (exact) mass is 283 g/mol. The molecule has 100 valence electrons. The average molecular weight is 284 g/mol. The number of nitrogens with one attached hydrogen (secondary N) is 1. The van der Waals surface area contributed by atoms with Crippen molar-refractivity contribution in [2.24, 2.45) is 0 Å². The molecule has 0 bridgehead atoms. The standard InChI is InChI=1S/C16H14ClN3/c1-9-14-12-3-2-4-13(12)15(18-16(14)20-19-9)10-5-7-11(17)8-6-10/h5-8H,2-4H2,1H3,(H,18,19,20). The van der Waals surface area contributed by atoms with Crippen molar-refractivity contribution in [1.82, 2.24) is 15.2 Å². The second kappa shape index (κ2) is 4.32. The third-order valence-electron chi connectivity index (χ3n) is 4.07. The molecule has 0 spiro atoms. The fourth-order valence-corrected chi connectivity index (χ4v) is 3.29. The van der Waals surface area contributed by atoms with E-state index in [0.29, 0.717) is 0 Å². The molecule has 0 amide bonds. The molecule has 1 aliphatic rings. The molecule has 2 aromatic heterocycles. The second-order valence-electron chi connectivity index (χ2n) is 5.33. The predicted octanol–water partition coefficient (Wildman–Crippen LogP) is 4.08. The highest BCUT2D eigenvalue weighted by atomic mass is 35.5. The third-order valence-corrected chi connectivity index (χ3v) is 4.32. The van der Waals surface area contributed by atoms with E-state index in [1.54, 1.807) is 0 Å². The lowest BCUT2D eigenvalue weighted by atomic mass is 10.00. The minimum atomic E-state index is 0.752. The lowest BCUT2D eigenvalue weighted by molar-refractivity contribution is 0.912. The van der Waals surface area contributed by atoms with Crippen molar-refractivity contribution in [3.05, 3.63) is 46.1 Å². The molecule has 3 aromatic rings. The Morgan fingerprint density at radius 2 is 1.85 bits per heavy atom. The molecular weight excluding hydrogens is 270 g/mol. The molecule has 3 nitrogen and oxygen atoms in total. The fourth-order valence-electron chi connectivity index (χ4n) is 3.16. The Morgan fingerprint density at radius 3 is 2.65 bits per heavy atom. The number of nitrogens with zero attached hydrogens (tertiary/aromatic N) is 2. The van der Waals surface area contributed by atoms with Crippen LogP contribution in [0.3, 0.4) is 0 Å². The molecule has 4 rings (SSSR count). The molecule has 0 saturated carbocycles. The Kier molecular flexibility index (Phi) is 2.57. The number of hydrogen-bond acceptors (Lipinski definition) is 2. The van der Waals surface area contributed by atoms with Crippen molar-refractivity contribution >= 4 is 22.6 Å². The number of H-pyrrole nitrogens is 1. The molecule has 0 aliphatic heterocycles. The summed E-state index contributed by atoms with van der Waals surface area (Å²) in [5.41, 5.74) is 6.93. The van der Waals surface area contributed by atoms with Gasteiger partial charge in [-0.3, -0.25) is 5.10 Å². The van der Waals surface area contributed by atoms with Gasteiger partial charge in [-0.25, -0.2) is 4.98 Å². The van der Waals surface area contributed by atoms with Crippen molar-refractivity contribution in [2.45, 2.75) is 26.2 Å². The summed E-state index contributed by atoms with van der Waals surface area (Å²) in [5.74, 6) is 0. The number of rotatable bonds is 1. The van der Waals surface area contributed by atoms with Crippen LogP contribution in [0.15, 0.2) is 24.3 Å². The molecule has 20 heavy (non-hydrogen) atoms. The Morgan fingerprint density at radius 1 is 1.10 bits per heavy atom. The summed E-state index contributed by atoms with van der Waals surface area (Å²) in [7, 11) is 0. The molecule has 0 unspecified atom stereocenters. The van der Waals surface area contributed by atoms with Crippen LogP contribution in [0.5, 0.6) is 0 Å². The van der Waals surface area contributed by atoms with Gasteiger partial charge in [-0.05, 0) is 49.4 Å². The van der Waals surface area contributed by atoms with Gasteiger partial charge in [-0.2, -0.15) is 5.10 Å². The minimum Gasteiger partial charge on any atom is -0.280 e. The molecule has 4 heteroatoms. The van der Waals surface area contributed by atoms with Crippen LogP contribution in [0, 0.1) is 6.92 Å². The van der Waals surface area contributed by atoms with Gasteiger partial charge in [0.15, 0.2) is 5.65 Å². The zero-order valence-corrected chi connectivity index (χ0v) is 12.0. The largest absolute Gasteiger partial charge is 0.280 e. The van der Waals surface area contributed by atoms with Crippen molar-refractivity contribution in [2.75, 3.05) is 0 Å². The van der Waals surface area contributed by atoms with Crippen molar-refractivity contribution < 1.29 is 0 Å². The number of aryl methyl sites for hydroxylation is 2. The van der Waals surface area contributed by atoms with E-state index in [9.17, 15) is 0 Å². The van der Waals surface area contributed by atoms with Gasteiger partial charge >= 0.3 is 0 Å². The van der Waals surface area contributed by atoms with Crippen molar-refractivity contribution in [3.63, 3.8) is 0 Å². The lowest BCUT2D eigenvalue weighted by Crippen LogP contribution is -1.95. The van der Waals surface area contributed by atoms with Gasteiger partial charge in [0.2, 0.25) is 0 Å². The Balaban J connectivity index is 2.03. The summed E-state index contributed by atoms with van der Waals surface area (Å²) in [4.78, 5) is 4.78. The first-order chi connectivity index (χ1) is 9.74. The van der Waals surface area contributed by atoms with Crippen LogP contribution in [0.4, 0.5) is 0 Å². The molecule has 1 aliphatic carbocycles. The zero-order valence-electron chi connectivity index (χ0n) is 11.2. The molecule has 0 radical (unpaired) electrons. The Hall–Kier alpha value is -1.87. The van der Waals surface area contributed by atoms with Gasteiger partial charge in [0.1, 0.15) is 0 Å². The normalized spacial score (nSPS) is 13.9. The van der Waals surface area contributed by atoms with E-state index < -0.39 is 0 Å². The topological polar surface area (TPSA) is 41.6 Å². The predicted molar refractivity (Wildman–Crippen MR) is 81.1 cm³/mol. The van der Waals surface area contributed by atoms with Crippen LogP contribution < -0.4 is 0 Å². The number of aromatic amines is 1. The van der Waals surface area contributed by atoms with E-state index in [-0.39, 0.29) is 0 Å². The highest BCUT2D eigenvalue weighted by molar-refractivity contribution is 6.30. The maximum absolute atomic E-state index is 5.98. The van der Waals surface area contributed by atoms with E-state index in [2.05, 4.69) is 17.1 Å². The van der Waals surface area contributed by atoms with Gasteiger partial charge in [0.25, 0.3) is 0 Å². The Labute approximate surface area is 122 Å². The SMILES string of the molecule is Cc1[nH]nc2nc(-c3ccc(Cl)cc3)c3c(c12)CCC3. The molecule has 2 heterocycles. The van der Waals surface area contributed by atoms with E-state index in [0.717, 1.165) is 40.5 Å². The number of aromatic nitrogens is 3. The summed E-state index contributed by atoms with van der Waals surface area (Å²) in [6, 6.07) is 7.91. The van der Waals surface area contributed by atoms with Crippen LogP contribution in [0.25, 0.3) is 22.3 Å². The zero-order chi connectivity index (χ0) is 13.7. The number of hydrogen-bond donors (Lipinski definition) is 1. The number of benzene rings is 1. The molecule has 0 atom stereocenters. The smallest absolute Gasteiger partial charge is 0.182 e. The average Bonchev–Trinajstić information content (AvgIpc) is 3.05. The summed E-state index contributed by atoms with van der Waals surface area (Å²) in [6.45, 7) is 2.07. The Bertz CT molecular complexity index is 803. The fraction of sp³-hybridized carbons (Fsp3) is 0.250. The summed E-state index contributed by atoms with van der Waals surface area (Å²) >= 11 is 5.98. The van der Waals surface area contributed by atoms with Gasteiger partial charge < -0.3 is 0 Å². The highest BCUT2D eigenvalue weighted by Crippen LogP contribution is 2.36. The molecule has 1 N–H and O–H groups in total. The molecule has 0 saturated heterocycles. The van der Waals surface area contributed by atoms with Crippen molar-refractivity contribution in [3.8, 4) is 11.3 Å².